The molecule has 2 rings (SSSR count). The molecule has 112 valence electrons. The van der Waals surface area contributed by atoms with Crippen LogP contribution in [0.4, 0.5) is 0 Å². The molecule has 4 heteroatoms. The van der Waals surface area contributed by atoms with Crippen LogP contribution in [0.15, 0.2) is 0 Å². The van der Waals surface area contributed by atoms with Gasteiger partial charge in [-0.25, -0.2) is 0 Å². The number of hydrogen-bond acceptors (Lipinski definition) is 4. The van der Waals surface area contributed by atoms with Gasteiger partial charge in [-0.3, -0.25) is 0 Å². The second kappa shape index (κ2) is 7.58. The first-order valence-electron chi connectivity index (χ1n) is 7.93. The fourth-order valence-corrected chi connectivity index (χ4v) is 3.66. The summed E-state index contributed by atoms with van der Waals surface area (Å²) in [5, 5.41) is 8.78. The highest BCUT2D eigenvalue weighted by molar-refractivity contribution is 4.88. The van der Waals surface area contributed by atoms with Crippen LogP contribution in [0.1, 0.15) is 44.9 Å². The molecule has 0 spiro atoms. The molecule has 0 radical (unpaired) electrons. The lowest BCUT2D eigenvalue weighted by molar-refractivity contribution is -0.0170. The Kier molecular flexibility index (Phi) is 6.07. The normalized spacial score (nSPS) is 25.6. The molecule has 0 amide bonds. The molecule has 4 nitrogen and oxygen atoms in total. The van der Waals surface area contributed by atoms with Crippen LogP contribution in [-0.2, 0) is 4.74 Å². The minimum Gasteiger partial charge on any atom is -0.394 e. The molecule has 0 aromatic carbocycles. The van der Waals surface area contributed by atoms with Crippen LogP contribution >= 0.6 is 0 Å². The van der Waals surface area contributed by atoms with Crippen LogP contribution < -0.4 is 5.73 Å². The molecule has 0 aromatic rings. The number of ether oxygens (including phenoxy) is 1. The highest BCUT2D eigenvalue weighted by Crippen LogP contribution is 2.36. The summed E-state index contributed by atoms with van der Waals surface area (Å²) in [5.41, 5.74) is 6.46. The fourth-order valence-electron chi connectivity index (χ4n) is 3.66. The smallest absolute Gasteiger partial charge is 0.0701 e. The van der Waals surface area contributed by atoms with Gasteiger partial charge in [0.2, 0.25) is 0 Å². The number of aliphatic hydroxyl groups is 1. The Morgan fingerprint density at radius 2 is 1.84 bits per heavy atom. The lowest BCUT2D eigenvalue weighted by Gasteiger charge is -2.42. The van der Waals surface area contributed by atoms with E-state index in [2.05, 4.69) is 4.90 Å². The van der Waals surface area contributed by atoms with Gasteiger partial charge in [0.25, 0.3) is 0 Å². The van der Waals surface area contributed by atoms with E-state index < -0.39 is 0 Å². The van der Waals surface area contributed by atoms with Crippen molar-refractivity contribution in [3.63, 3.8) is 0 Å². The minimum atomic E-state index is 0.135. The molecular weight excluding hydrogens is 240 g/mol. The topological polar surface area (TPSA) is 58.7 Å². The molecule has 19 heavy (non-hydrogen) atoms. The zero-order valence-corrected chi connectivity index (χ0v) is 12.1. The number of nitrogens with two attached hydrogens (primary N) is 1. The summed E-state index contributed by atoms with van der Waals surface area (Å²) >= 11 is 0. The number of piperidine rings is 1. The van der Waals surface area contributed by atoms with Gasteiger partial charge in [0, 0.05) is 19.6 Å². The summed E-state index contributed by atoms with van der Waals surface area (Å²) in [6.45, 7) is 4.88. The molecular formula is C15H30N2O2. The van der Waals surface area contributed by atoms with Crippen LogP contribution in [0.3, 0.4) is 0 Å². The van der Waals surface area contributed by atoms with Gasteiger partial charge in [0.15, 0.2) is 0 Å². The van der Waals surface area contributed by atoms with Crippen LogP contribution in [0.5, 0.6) is 0 Å². The van der Waals surface area contributed by atoms with Crippen LogP contribution in [0.2, 0.25) is 0 Å². The molecule has 0 unspecified atom stereocenters. The molecule has 2 fully saturated rings. The number of hydrogen-bond donors (Lipinski definition) is 2. The SMILES string of the molecule is NCC1(CN2CCC(OCCO)CC2)CCCCC1. The number of aliphatic hydroxyl groups excluding tert-OH is 1. The quantitative estimate of drug-likeness (QED) is 0.765. The predicted octanol–water partition coefficient (Wildman–Crippen LogP) is 1.37. The van der Waals surface area contributed by atoms with Gasteiger partial charge >= 0.3 is 0 Å². The van der Waals surface area contributed by atoms with Gasteiger partial charge in [0.1, 0.15) is 0 Å². The summed E-state index contributed by atoms with van der Waals surface area (Å²) < 4.78 is 5.62. The maximum Gasteiger partial charge on any atom is 0.0701 e. The Balaban J connectivity index is 1.74. The van der Waals surface area contributed by atoms with Crippen molar-refractivity contribution < 1.29 is 9.84 Å². The first-order chi connectivity index (χ1) is 9.28. The van der Waals surface area contributed by atoms with Crippen LogP contribution in [-0.4, -0.2) is 55.5 Å². The summed E-state index contributed by atoms with van der Waals surface area (Å²) in [6.07, 6.45) is 9.26. The molecule has 0 bridgehead atoms. The molecule has 3 N–H and O–H groups in total. The van der Waals surface area contributed by atoms with Crippen molar-refractivity contribution in [2.75, 3.05) is 39.4 Å². The zero-order chi connectivity index (χ0) is 13.6. The lowest BCUT2D eigenvalue weighted by Crippen LogP contribution is -2.47. The molecule has 1 heterocycles. The summed E-state index contributed by atoms with van der Waals surface area (Å²) in [6, 6.07) is 0. The van der Waals surface area contributed by atoms with E-state index in [-0.39, 0.29) is 6.61 Å². The third-order valence-electron chi connectivity index (χ3n) is 4.89. The van der Waals surface area contributed by atoms with Crippen molar-refractivity contribution in [2.24, 2.45) is 11.1 Å². The van der Waals surface area contributed by atoms with Crippen LogP contribution in [0, 0.1) is 5.41 Å². The van der Waals surface area contributed by atoms with Crippen LogP contribution in [0.25, 0.3) is 0 Å². The number of likely N-dealkylation sites (tertiary alicyclic amines) is 1. The molecule has 1 aliphatic heterocycles. The van der Waals surface area contributed by atoms with Gasteiger partial charge in [-0.05, 0) is 37.6 Å². The average molecular weight is 270 g/mol. The first kappa shape index (κ1) is 15.2. The minimum absolute atomic E-state index is 0.135. The Labute approximate surface area is 117 Å². The molecule has 1 saturated heterocycles. The highest BCUT2D eigenvalue weighted by atomic mass is 16.5. The van der Waals surface area contributed by atoms with E-state index in [1.807, 2.05) is 0 Å². The van der Waals surface area contributed by atoms with Crippen molar-refractivity contribution in [1.82, 2.24) is 4.90 Å². The van der Waals surface area contributed by atoms with E-state index in [1.54, 1.807) is 0 Å². The second-order valence-corrected chi connectivity index (χ2v) is 6.33. The Hall–Kier alpha value is -0.160. The van der Waals surface area contributed by atoms with Crippen molar-refractivity contribution in [3.8, 4) is 0 Å². The Bertz CT molecular complexity index is 247. The maximum atomic E-state index is 8.78. The molecule has 1 aliphatic carbocycles. The zero-order valence-electron chi connectivity index (χ0n) is 12.1. The third kappa shape index (κ3) is 4.42. The summed E-state index contributed by atoms with van der Waals surface area (Å²) in [4.78, 5) is 2.58. The van der Waals surface area contributed by atoms with E-state index in [0.29, 0.717) is 18.1 Å². The standard InChI is InChI=1S/C15H30N2O2/c16-12-15(6-2-1-3-7-15)13-17-8-4-14(5-9-17)19-11-10-18/h14,18H,1-13,16H2. The van der Waals surface area contributed by atoms with Crippen molar-refractivity contribution in [1.29, 1.82) is 0 Å². The monoisotopic (exact) mass is 270 g/mol. The predicted molar refractivity (Wildman–Crippen MR) is 77.1 cm³/mol. The maximum absolute atomic E-state index is 8.78. The lowest BCUT2D eigenvalue weighted by atomic mass is 9.73. The fraction of sp³-hybridized carbons (Fsp3) is 1.00. The third-order valence-corrected chi connectivity index (χ3v) is 4.89. The largest absolute Gasteiger partial charge is 0.394 e. The van der Waals surface area contributed by atoms with Gasteiger partial charge in [-0.15, -0.1) is 0 Å². The van der Waals surface area contributed by atoms with Crippen molar-refractivity contribution in [2.45, 2.75) is 51.0 Å². The molecule has 0 aromatic heterocycles. The average Bonchev–Trinajstić information content (AvgIpc) is 2.47. The van der Waals surface area contributed by atoms with E-state index in [0.717, 1.165) is 32.5 Å². The van der Waals surface area contributed by atoms with Crippen molar-refractivity contribution >= 4 is 0 Å². The van der Waals surface area contributed by atoms with Gasteiger partial charge in [0.05, 0.1) is 19.3 Å². The summed E-state index contributed by atoms with van der Waals surface area (Å²) in [5.74, 6) is 0. The number of nitrogens with zero attached hydrogens (tertiary/aromatic N) is 1. The Morgan fingerprint density at radius 3 is 2.42 bits per heavy atom. The molecule has 2 aliphatic rings. The second-order valence-electron chi connectivity index (χ2n) is 6.33. The van der Waals surface area contributed by atoms with E-state index >= 15 is 0 Å². The molecule has 0 atom stereocenters. The first-order valence-corrected chi connectivity index (χ1v) is 7.93. The summed E-state index contributed by atoms with van der Waals surface area (Å²) in [7, 11) is 0. The van der Waals surface area contributed by atoms with Crippen molar-refractivity contribution in [3.05, 3.63) is 0 Å². The number of rotatable bonds is 6. The van der Waals surface area contributed by atoms with Gasteiger partial charge in [-0.1, -0.05) is 19.3 Å². The Morgan fingerprint density at radius 1 is 1.16 bits per heavy atom. The molecule has 1 saturated carbocycles. The van der Waals surface area contributed by atoms with Gasteiger partial charge in [-0.2, -0.15) is 0 Å². The van der Waals surface area contributed by atoms with E-state index in [9.17, 15) is 0 Å². The van der Waals surface area contributed by atoms with E-state index in [4.69, 9.17) is 15.6 Å². The van der Waals surface area contributed by atoms with Gasteiger partial charge < -0.3 is 20.5 Å². The highest BCUT2D eigenvalue weighted by Gasteiger charge is 2.33. The van der Waals surface area contributed by atoms with E-state index in [1.165, 1.54) is 38.6 Å².